The third-order valence-electron chi connectivity index (χ3n) is 4.87. The second-order valence-corrected chi connectivity index (χ2v) is 10.4. The van der Waals surface area contributed by atoms with E-state index >= 15 is 0 Å². The van der Waals surface area contributed by atoms with E-state index in [0.717, 1.165) is 18.9 Å². The molecule has 2 aromatic carbocycles. The van der Waals surface area contributed by atoms with Crippen LogP contribution in [-0.4, -0.2) is 37.9 Å². The summed E-state index contributed by atoms with van der Waals surface area (Å²) >= 11 is 4.25. The molecule has 8 nitrogen and oxygen atoms in total. The van der Waals surface area contributed by atoms with Crippen molar-refractivity contribution >= 4 is 40.4 Å². The second kappa shape index (κ2) is 12.6. The zero-order valence-corrected chi connectivity index (χ0v) is 21.2. The van der Waals surface area contributed by atoms with Crippen LogP contribution in [0.3, 0.4) is 0 Å². The van der Waals surface area contributed by atoms with Crippen molar-refractivity contribution in [2.45, 2.75) is 51.1 Å². The predicted molar refractivity (Wildman–Crippen MR) is 135 cm³/mol. The number of rotatable bonds is 11. The molecule has 184 valence electrons. The van der Waals surface area contributed by atoms with Crippen molar-refractivity contribution in [1.29, 1.82) is 0 Å². The minimum absolute atomic E-state index is 0.00533. The Morgan fingerprint density at radius 1 is 0.971 bits per heavy atom. The molecule has 10 heteroatoms. The summed E-state index contributed by atoms with van der Waals surface area (Å²) < 4.78 is 27.0. The van der Waals surface area contributed by atoms with Crippen LogP contribution in [0.1, 0.15) is 39.2 Å². The van der Waals surface area contributed by atoms with E-state index in [-0.39, 0.29) is 29.8 Å². The van der Waals surface area contributed by atoms with Crippen molar-refractivity contribution in [2.75, 3.05) is 5.75 Å². The Balaban J connectivity index is 2.00. The third-order valence-corrected chi connectivity index (χ3v) is 6.80. The molecule has 3 N–H and O–H groups in total. The number of carbonyl (C=O) groups is 3. The maximum absolute atomic E-state index is 12.5. The fourth-order valence-corrected chi connectivity index (χ4v) is 4.88. The Morgan fingerprint density at radius 2 is 1.62 bits per heavy atom. The van der Waals surface area contributed by atoms with Gasteiger partial charge in [-0.2, -0.15) is 12.6 Å². The number of amides is 3. The van der Waals surface area contributed by atoms with Gasteiger partial charge in [0.2, 0.25) is 17.7 Å². The highest BCUT2D eigenvalue weighted by molar-refractivity contribution is 7.90. The van der Waals surface area contributed by atoms with Crippen LogP contribution >= 0.6 is 12.6 Å². The molecule has 0 aliphatic heterocycles. The first-order valence-electron chi connectivity index (χ1n) is 10.9. The summed E-state index contributed by atoms with van der Waals surface area (Å²) in [6.07, 6.45) is 0.521. The first kappa shape index (κ1) is 27.4. The summed E-state index contributed by atoms with van der Waals surface area (Å²) in [7, 11) is -4.00. The van der Waals surface area contributed by atoms with E-state index in [0.29, 0.717) is 22.8 Å². The van der Waals surface area contributed by atoms with Crippen molar-refractivity contribution in [3.05, 3.63) is 54.1 Å². The summed E-state index contributed by atoms with van der Waals surface area (Å²) in [5, 5.41) is 5.55. The molecule has 34 heavy (non-hydrogen) atoms. The monoisotopic (exact) mass is 505 g/mol. The fourth-order valence-electron chi connectivity index (χ4n) is 3.42. The van der Waals surface area contributed by atoms with Crippen LogP contribution < -0.4 is 15.4 Å². The Morgan fingerprint density at radius 3 is 2.21 bits per heavy atom. The van der Waals surface area contributed by atoms with Gasteiger partial charge in [0.05, 0.1) is 4.90 Å². The SMILES string of the molecule is CC(=O)NS(=O)(=O)c1ccccc1-c1ccc(CNC(=O)CC(=O)N[C@@H](CS)CC(C)C)cc1. The van der Waals surface area contributed by atoms with Crippen molar-refractivity contribution in [2.24, 2.45) is 5.92 Å². The smallest absolute Gasteiger partial charge is 0.264 e. The highest BCUT2D eigenvalue weighted by atomic mass is 32.2. The fraction of sp³-hybridized carbons (Fsp3) is 0.375. The maximum Gasteiger partial charge on any atom is 0.264 e. The van der Waals surface area contributed by atoms with Crippen molar-refractivity contribution in [1.82, 2.24) is 15.4 Å². The standard InChI is InChI=1S/C24H31N3O5S2/c1-16(2)12-20(15-33)26-24(30)13-23(29)25-14-18-8-10-19(11-9-18)21-6-4-5-7-22(21)34(31,32)27-17(3)28/h4-11,16,20,33H,12-15H2,1-3H3,(H,25,29)(H,26,30)(H,27,28)/t20-/m1/s1. The molecule has 0 aromatic heterocycles. The maximum atomic E-state index is 12.5. The number of sulfonamides is 1. The number of nitrogens with one attached hydrogen (secondary N) is 3. The van der Waals surface area contributed by atoms with Crippen LogP contribution in [0.5, 0.6) is 0 Å². The van der Waals surface area contributed by atoms with Crippen LogP contribution in [0, 0.1) is 5.92 Å². The van der Waals surface area contributed by atoms with Gasteiger partial charge in [-0.3, -0.25) is 14.4 Å². The lowest BCUT2D eigenvalue weighted by atomic mass is 10.0. The van der Waals surface area contributed by atoms with Crippen LogP contribution in [0.25, 0.3) is 11.1 Å². The van der Waals surface area contributed by atoms with Gasteiger partial charge >= 0.3 is 0 Å². The molecule has 2 aromatic rings. The molecule has 0 spiro atoms. The number of hydrogen-bond donors (Lipinski definition) is 4. The summed E-state index contributed by atoms with van der Waals surface area (Å²) in [5.41, 5.74) is 1.87. The Hall–Kier alpha value is -2.85. The van der Waals surface area contributed by atoms with E-state index in [2.05, 4.69) is 37.1 Å². The van der Waals surface area contributed by atoms with Gasteiger partial charge in [-0.05, 0) is 29.5 Å². The van der Waals surface area contributed by atoms with Gasteiger partial charge < -0.3 is 10.6 Å². The molecular formula is C24H31N3O5S2. The van der Waals surface area contributed by atoms with Crippen molar-refractivity contribution in [3.63, 3.8) is 0 Å². The zero-order valence-electron chi connectivity index (χ0n) is 19.5. The summed E-state index contributed by atoms with van der Waals surface area (Å²) in [6, 6.07) is 13.3. The van der Waals surface area contributed by atoms with Gasteiger partial charge in [-0.25, -0.2) is 13.1 Å². The summed E-state index contributed by atoms with van der Waals surface area (Å²) in [6.45, 7) is 5.47. The molecule has 0 bridgehead atoms. The van der Waals surface area contributed by atoms with E-state index in [9.17, 15) is 22.8 Å². The molecule has 3 amide bonds. The molecule has 0 aliphatic carbocycles. The van der Waals surface area contributed by atoms with Gasteiger partial charge in [-0.1, -0.05) is 56.3 Å². The minimum atomic E-state index is -4.00. The van der Waals surface area contributed by atoms with Gasteiger partial charge in [0.15, 0.2) is 0 Å². The first-order valence-corrected chi connectivity index (χ1v) is 13.0. The molecule has 0 aliphatic rings. The van der Waals surface area contributed by atoms with Gasteiger partial charge in [-0.15, -0.1) is 0 Å². The molecule has 2 rings (SSSR count). The van der Waals surface area contributed by atoms with E-state index in [1.165, 1.54) is 6.07 Å². The lowest BCUT2D eigenvalue weighted by molar-refractivity contribution is -0.129. The number of carbonyl (C=O) groups excluding carboxylic acids is 3. The van der Waals surface area contributed by atoms with E-state index in [1.54, 1.807) is 42.5 Å². The van der Waals surface area contributed by atoms with Crippen molar-refractivity contribution < 1.29 is 22.8 Å². The molecule has 0 fully saturated rings. The Bertz CT molecular complexity index is 1120. The van der Waals surface area contributed by atoms with Gasteiger partial charge in [0.1, 0.15) is 6.42 Å². The molecule has 0 unspecified atom stereocenters. The Kier molecular flexibility index (Phi) is 10.1. The molecule has 0 saturated heterocycles. The normalized spacial score (nSPS) is 12.1. The van der Waals surface area contributed by atoms with Crippen molar-refractivity contribution in [3.8, 4) is 11.1 Å². The van der Waals surface area contributed by atoms with Crippen LogP contribution in [0.2, 0.25) is 0 Å². The van der Waals surface area contributed by atoms with Crippen LogP contribution in [-0.2, 0) is 31.0 Å². The highest BCUT2D eigenvalue weighted by Gasteiger charge is 2.20. The lowest BCUT2D eigenvalue weighted by Gasteiger charge is -2.18. The number of thiol groups is 1. The van der Waals surface area contributed by atoms with Gasteiger partial charge in [0.25, 0.3) is 10.0 Å². The first-order chi connectivity index (χ1) is 16.0. The average Bonchev–Trinajstić information content (AvgIpc) is 2.76. The van der Waals surface area contributed by atoms with E-state index in [1.807, 2.05) is 4.72 Å². The third kappa shape index (κ3) is 8.49. The average molecular weight is 506 g/mol. The molecular weight excluding hydrogens is 474 g/mol. The van der Waals surface area contributed by atoms with Crippen LogP contribution in [0.4, 0.5) is 0 Å². The predicted octanol–water partition coefficient (Wildman–Crippen LogP) is 2.65. The molecule has 1 atom stereocenters. The van der Waals surface area contributed by atoms with E-state index < -0.39 is 21.8 Å². The van der Waals surface area contributed by atoms with E-state index in [4.69, 9.17) is 0 Å². The highest BCUT2D eigenvalue weighted by Crippen LogP contribution is 2.27. The number of benzene rings is 2. The summed E-state index contributed by atoms with van der Waals surface area (Å²) in [5.74, 6) is -0.490. The minimum Gasteiger partial charge on any atom is -0.352 e. The largest absolute Gasteiger partial charge is 0.352 e. The molecule has 0 heterocycles. The number of hydrogen-bond acceptors (Lipinski definition) is 6. The van der Waals surface area contributed by atoms with Gasteiger partial charge in [0, 0.05) is 30.8 Å². The molecule has 0 radical (unpaired) electrons. The summed E-state index contributed by atoms with van der Waals surface area (Å²) in [4.78, 5) is 35.5. The quantitative estimate of drug-likeness (QED) is 0.276. The zero-order chi connectivity index (χ0) is 25.3. The lowest BCUT2D eigenvalue weighted by Crippen LogP contribution is -2.39. The topological polar surface area (TPSA) is 121 Å². The second-order valence-electron chi connectivity index (χ2n) is 8.38. The van der Waals surface area contributed by atoms with Crippen LogP contribution in [0.15, 0.2) is 53.4 Å². The Labute approximate surface area is 206 Å². The molecule has 0 saturated carbocycles.